The van der Waals surface area contributed by atoms with Crippen molar-refractivity contribution in [1.29, 1.82) is 0 Å². The third-order valence-electron chi connectivity index (χ3n) is 1.46. The molecule has 0 amide bonds. The second-order valence-corrected chi connectivity index (χ2v) is 19.1. The third-order valence-corrected chi connectivity index (χ3v) is 19.6. The molecule has 0 aliphatic rings. The predicted octanol–water partition coefficient (Wildman–Crippen LogP) is -0.411. The normalized spacial score (nSPS) is 14.2. The molecule has 0 aromatic heterocycles. The van der Waals surface area contributed by atoms with Crippen LogP contribution in [0.2, 0.25) is 12.6 Å². The third kappa shape index (κ3) is 6.65. The molecule has 0 radical (unpaired) electrons. The van der Waals surface area contributed by atoms with Gasteiger partial charge in [0, 0.05) is 18.1 Å². The molecular formula is C5H18Si3. The highest BCUT2D eigenvalue weighted by atomic mass is 29.5. The van der Waals surface area contributed by atoms with E-state index in [1.54, 1.807) is 12.5 Å². The van der Waals surface area contributed by atoms with Crippen LogP contribution in [-0.4, -0.2) is 26.6 Å². The first kappa shape index (κ1) is 8.65. The fraction of sp³-hybridized carbons (Fsp3) is 1.00. The van der Waals surface area contributed by atoms with Crippen molar-refractivity contribution in [2.75, 3.05) is 0 Å². The molecule has 0 saturated carbocycles. The van der Waals surface area contributed by atoms with Gasteiger partial charge in [0.15, 0.2) is 0 Å². The summed E-state index contributed by atoms with van der Waals surface area (Å²) in [6.07, 6.45) is 2.99. The molecule has 0 aromatic rings. The Kier molecular flexibility index (Phi) is 8.27. The SMILES string of the molecule is CCCC[SiH2][SiH2][SiH2]C. The largest absolute Gasteiger partial charge is 0.0773 e. The van der Waals surface area contributed by atoms with Crippen LogP contribution < -0.4 is 0 Å². The van der Waals surface area contributed by atoms with Gasteiger partial charge in [-0.3, -0.25) is 0 Å². The van der Waals surface area contributed by atoms with Gasteiger partial charge in [0.1, 0.15) is 0 Å². The van der Waals surface area contributed by atoms with Gasteiger partial charge in [-0.2, -0.15) is 0 Å². The molecule has 0 unspecified atom stereocenters. The highest BCUT2D eigenvalue weighted by molar-refractivity contribution is 7.29. The lowest BCUT2D eigenvalue weighted by Crippen LogP contribution is -2.08. The van der Waals surface area contributed by atoms with Crippen molar-refractivity contribution in [2.24, 2.45) is 0 Å². The predicted molar refractivity (Wildman–Crippen MR) is 51.2 cm³/mol. The fourth-order valence-corrected chi connectivity index (χ4v) is 13.9. The van der Waals surface area contributed by atoms with Crippen molar-refractivity contribution in [2.45, 2.75) is 32.4 Å². The van der Waals surface area contributed by atoms with Gasteiger partial charge in [-0.1, -0.05) is 32.4 Å². The van der Waals surface area contributed by atoms with Crippen molar-refractivity contribution in [3.63, 3.8) is 0 Å². The number of rotatable bonds is 5. The highest BCUT2D eigenvalue weighted by Gasteiger charge is 1.85. The zero-order valence-corrected chi connectivity index (χ0v) is 10.5. The first-order chi connectivity index (χ1) is 3.91. The first-order valence-corrected chi connectivity index (χ1v) is 14.3. The van der Waals surface area contributed by atoms with Crippen molar-refractivity contribution in [1.82, 2.24) is 0 Å². The second kappa shape index (κ2) is 7.65. The number of unbranched alkanes of at least 4 members (excludes halogenated alkanes) is 1. The van der Waals surface area contributed by atoms with E-state index in [-0.39, 0.29) is 0 Å². The molecule has 0 nitrogen and oxygen atoms in total. The lowest BCUT2D eigenvalue weighted by molar-refractivity contribution is 0.882. The van der Waals surface area contributed by atoms with Crippen LogP contribution in [0.4, 0.5) is 0 Å². The maximum atomic E-state index is 2.49. The monoisotopic (exact) mass is 162 g/mol. The van der Waals surface area contributed by atoms with Gasteiger partial charge in [0.2, 0.25) is 0 Å². The minimum Gasteiger partial charge on any atom is -0.0773 e. The highest BCUT2D eigenvalue weighted by Crippen LogP contribution is 1.90. The van der Waals surface area contributed by atoms with E-state index in [0.717, 1.165) is 0 Å². The van der Waals surface area contributed by atoms with Crippen LogP contribution in [0.15, 0.2) is 0 Å². The Balaban J connectivity index is 2.53. The zero-order chi connectivity index (χ0) is 6.24. The quantitative estimate of drug-likeness (QED) is 0.381. The lowest BCUT2D eigenvalue weighted by atomic mass is 10.4. The molecule has 0 fully saturated rings. The van der Waals surface area contributed by atoms with E-state index in [9.17, 15) is 0 Å². The number of hydrogen-bond donors (Lipinski definition) is 0. The average molecular weight is 162 g/mol. The topological polar surface area (TPSA) is 0 Å². The Morgan fingerprint density at radius 2 is 2.12 bits per heavy atom. The molecular weight excluding hydrogens is 144 g/mol. The lowest BCUT2D eigenvalue weighted by Gasteiger charge is -1.91. The molecule has 0 rings (SSSR count). The van der Waals surface area contributed by atoms with E-state index in [2.05, 4.69) is 13.5 Å². The van der Waals surface area contributed by atoms with Crippen LogP contribution in [0.3, 0.4) is 0 Å². The van der Waals surface area contributed by atoms with Gasteiger partial charge in [0.25, 0.3) is 0 Å². The Bertz CT molecular complexity index is 32.7. The molecule has 8 heavy (non-hydrogen) atoms. The van der Waals surface area contributed by atoms with Crippen LogP contribution in [0, 0.1) is 0 Å². The molecule has 0 bridgehead atoms. The van der Waals surface area contributed by atoms with E-state index < -0.39 is 0 Å². The molecule has 0 atom stereocenters. The molecule has 0 aliphatic heterocycles. The molecule has 0 aliphatic carbocycles. The minimum atomic E-state index is 0.587. The Labute approximate surface area is 59.5 Å². The molecule has 0 N–H and O–H groups in total. The summed E-state index contributed by atoms with van der Waals surface area (Å²) in [5.41, 5.74) is 0. The summed E-state index contributed by atoms with van der Waals surface area (Å²) in [6, 6.07) is 1.68. The molecule has 0 heterocycles. The van der Waals surface area contributed by atoms with Crippen molar-refractivity contribution in [3.8, 4) is 0 Å². The molecule has 50 valence electrons. The van der Waals surface area contributed by atoms with Crippen LogP contribution in [0.25, 0.3) is 0 Å². The van der Waals surface area contributed by atoms with Crippen molar-refractivity contribution >= 4 is 26.6 Å². The van der Waals surface area contributed by atoms with Crippen molar-refractivity contribution in [3.05, 3.63) is 0 Å². The average Bonchev–Trinajstić information content (AvgIpc) is 1.81. The Morgan fingerprint density at radius 1 is 1.38 bits per heavy atom. The first-order valence-electron chi connectivity index (χ1n) is 3.91. The summed E-state index contributed by atoms with van der Waals surface area (Å²) in [4.78, 5) is 0. The van der Waals surface area contributed by atoms with Gasteiger partial charge >= 0.3 is 0 Å². The summed E-state index contributed by atoms with van der Waals surface area (Å²) in [7, 11) is 1.87. The van der Waals surface area contributed by atoms with E-state index in [0.29, 0.717) is 26.6 Å². The van der Waals surface area contributed by atoms with E-state index in [1.165, 1.54) is 6.42 Å². The Morgan fingerprint density at radius 3 is 2.62 bits per heavy atom. The van der Waals surface area contributed by atoms with Crippen LogP contribution in [0.5, 0.6) is 0 Å². The molecule has 3 heteroatoms. The summed E-state index contributed by atoms with van der Waals surface area (Å²) in [5, 5.41) is 0. The van der Waals surface area contributed by atoms with Crippen LogP contribution in [0.1, 0.15) is 19.8 Å². The summed E-state index contributed by atoms with van der Waals surface area (Å²) in [5.74, 6) is 0. The van der Waals surface area contributed by atoms with Gasteiger partial charge in [-0.25, -0.2) is 0 Å². The van der Waals surface area contributed by atoms with E-state index >= 15 is 0 Å². The second-order valence-electron chi connectivity index (χ2n) is 2.41. The maximum absolute atomic E-state index is 2.49. The summed E-state index contributed by atoms with van der Waals surface area (Å²) < 4.78 is 0. The van der Waals surface area contributed by atoms with Gasteiger partial charge in [-0.15, -0.1) is 0 Å². The summed E-state index contributed by atoms with van der Waals surface area (Å²) >= 11 is 0. The molecule has 0 aromatic carbocycles. The van der Waals surface area contributed by atoms with Crippen LogP contribution in [-0.2, 0) is 0 Å². The van der Waals surface area contributed by atoms with Crippen LogP contribution >= 0.6 is 0 Å². The minimum absolute atomic E-state index is 0.587. The summed E-state index contributed by atoms with van der Waals surface area (Å²) in [6.45, 7) is 4.80. The molecule has 0 spiro atoms. The molecule has 0 saturated heterocycles. The van der Waals surface area contributed by atoms with E-state index in [4.69, 9.17) is 0 Å². The zero-order valence-electron chi connectivity index (χ0n) is 6.24. The van der Waals surface area contributed by atoms with Gasteiger partial charge < -0.3 is 0 Å². The maximum Gasteiger partial charge on any atom is 0.00492 e. The van der Waals surface area contributed by atoms with Gasteiger partial charge in [-0.05, 0) is 8.55 Å². The van der Waals surface area contributed by atoms with E-state index in [1.807, 2.05) is 0 Å². The fourth-order valence-electron chi connectivity index (χ4n) is 0.854. The number of hydrogen-bond acceptors (Lipinski definition) is 0. The van der Waals surface area contributed by atoms with Crippen molar-refractivity contribution < 1.29 is 0 Å². The smallest absolute Gasteiger partial charge is 0.00492 e. The Hall–Kier alpha value is 0.651. The van der Waals surface area contributed by atoms with Gasteiger partial charge in [0.05, 0.1) is 0 Å². The standard InChI is InChI=1S/C5H18Si3/c1-3-4-5-7-8-6-2/h3-8H2,1-2H3.